The Morgan fingerprint density at radius 2 is 1.43 bits per heavy atom. The van der Waals surface area contributed by atoms with E-state index in [-0.39, 0.29) is 11.7 Å². The Hall–Kier alpha value is -4.51. The molecular formula is C30H24FN3O. The molecule has 35 heavy (non-hydrogen) atoms. The van der Waals surface area contributed by atoms with Gasteiger partial charge >= 0.3 is 0 Å². The monoisotopic (exact) mass is 461 g/mol. The van der Waals surface area contributed by atoms with Crippen LogP contribution in [0.4, 0.5) is 4.39 Å². The maximum absolute atomic E-state index is 13.3. The number of hydrogen-bond acceptors (Lipinski definition) is 2. The molecule has 0 bridgehead atoms. The lowest BCUT2D eigenvalue weighted by atomic mass is 9.91. The molecule has 5 aromatic rings. The van der Waals surface area contributed by atoms with Crippen LogP contribution >= 0.6 is 0 Å². The van der Waals surface area contributed by atoms with Gasteiger partial charge in [0.25, 0.3) is 5.91 Å². The number of carbonyl (C=O) groups excluding carboxylic acids is 1. The zero-order chi connectivity index (χ0) is 24.0. The molecule has 5 rings (SSSR count). The van der Waals surface area contributed by atoms with E-state index in [1.54, 1.807) is 18.3 Å². The third-order valence-electron chi connectivity index (χ3n) is 5.99. The molecule has 0 aliphatic rings. The number of nitrogens with one attached hydrogen (secondary N) is 1. The predicted octanol–water partition coefficient (Wildman–Crippen LogP) is 6.11. The molecule has 1 aromatic heterocycles. The summed E-state index contributed by atoms with van der Waals surface area (Å²) < 4.78 is 15.4. The van der Waals surface area contributed by atoms with Crippen molar-refractivity contribution in [1.29, 1.82) is 0 Å². The van der Waals surface area contributed by atoms with Crippen LogP contribution in [0.25, 0.3) is 10.9 Å². The molecule has 1 N–H and O–H groups in total. The topological polar surface area (TPSA) is 46.4 Å². The van der Waals surface area contributed by atoms with Crippen LogP contribution in [-0.4, -0.2) is 16.7 Å². The first-order valence-corrected chi connectivity index (χ1v) is 11.4. The average molecular weight is 462 g/mol. The fraction of sp³-hybridized carbons (Fsp3) is 0.0667. The molecule has 5 heteroatoms. The number of aromatic nitrogens is 1. The first-order valence-electron chi connectivity index (χ1n) is 11.4. The Morgan fingerprint density at radius 1 is 0.829 bits per heavy atom. The molecule has 0 radical (unpaired) electrons. The van der Waals surface area contributed by atoms with E-state index in [2.05, 4.69) is 15.1 Å². The molecule has 0 saturated heterocycles. The molecule has 0 aliphatic carbocycles. The Morgan fingerprint density at radius 3 is 2.09 bits per heavy atom. The van der Waals surface area contributed by atoms with Crippen LogP contribution in [0.1, 0.15) is 28.2 Å². The molecule has 1 amide bonds. The van der Waals surface area contributed by atoms with E-state index in [0.29, 0.717) is 6.54 Å². The number of hydrazone groups is 1. The summed E-state index contributed by atoms with van der Waals surface area (Å²) in [5.41, 5.74) is 7.47. The minimum atomic E-state index is -0.464. The van der Waals surface area contributed by atoms with Gasteiger partial charge in [0.1, 0.15) is 5.82 Å². The highest BCUT2D eigenvalue weighted by atomic mass is 19.1. The minimum Gasteiger partial charge on any atom is -0.342 e. The zero-order valence-electron chi connectivity index (χ0n) is 19.0. The summed E-state index contributed by atoms with van der Waals surface area (Å²) in [6.45, 7) is 0.602. The minimum absolute atomic E-state index is 0.200. The number of nitrogens with zero attached hydrogens (tertiary/aromatic N) is 2. The summed E-state index contributed by atoms with van der Waals surface area (Å²) in [5, 5.41) is 5.33. The second-order valence-electron chi connectivity index (χ2n) is 8.34. The van der Waals surface area contributed by atoms with Crippen molar-refractivity contribution in [3.05, 3.63) is 143 Å². The van der Waals surface area contributed by atoms with E-state index in [1.165, 1.54) is 12.1 Å². The summed E-state index contributed by atoms with van der Waals surface area (Å²) in [6.07, 6.45) is 3.67. The van der Waals surface area contributed by atoms with Crippen molar-refractivity contribution in [2.24, 2.45) is 5.10 Å². The number of carbonyl (C=O) groups is 1. The van der Waals surface area contributed by atoms with Crippen LogP contribution in [0.3, 0.4) is 0 Å². The molecule has 0 spiro atoms. The van der Waals surface area contributed by atoms with Crippen LogP contribution in [-0.2, 0) is 11.3 Å². The number of hydrogen-bond donors (Lipinski definition) is 1. The van der Waals surface area contributed by atoms with Crippen LogP contribution in [0.15, 0.2) is 120 Å². The molecule has 0 saturated carbocycles. The molecular weight excluding hydrogens is 437 g/mol. The van der Waals surface area contributed by atoms with Gasteiger partial charge in [0.05, 0.1) is 12.1 Å². The number of rotatable bonds is 7. The highest BCUT2D eigenvalue weighted by molar-refractivity contribution is 6.00. The van der Waals surface area contributed by atoms with Gasteiger partial charge in [-0.1, -0.05) is 91.0 Å². The van der Waals surface area contributed by atoms with Crippen molar-refractivity contribution in [2.45, 2.75) is 12.5 Å². The second-order valence-corrected chi connectivity index (χ2v) is 8.34. The van der Waals surface area contributed by atoms with Gasteiger partial charge in [-0.25, -0.2) is 9.82 Å². The average Bonchev–Trinajstić information content (AvgIpc) is 3.24. The Kier molecular flexibility index (Phi) is 6.48. The van der Waals surface area contributed by atoms with Gasteiger partial charge in [-0.2, -0.15) is 5.10 Å². The Balaban J connectivity index is 1.39. The number of halogens is 1. The number of benzene rings is 4. The SMILES string of the molecule is O=C(N/N=C\c1cn(Cc2ccc(F)cc2)c2ccccc12)C(c1ccccc1)c1ccccc1. The van der Waals surface area contributed by atoms with Gasteiger partial charge < -0.3 is 4.57 Å². The normalized spacial score (nSPS) is 11.4. The van der Waals surface area contributed by atoms with E-state index < -0.39 is 5.92 Å². The van der Waals surface area contributed by atoms with Gasteiger partial charge in [0, 0.05) is 29.2 Å². The van der Waals surface area contributed by atoms with Crippen molar-refractivity contribution < 1.29 is 9.18 Å². The predicted molar refractivity (Wildman–Crippen MR) is 138 cm³/mol. The van der Waals surface area contributed by atoms with Crippen LogP contribution < -0.4 is 5.43 Å². The molecule has 0 atom stereocenters. The first kappa shape index (κ1) is 22.3. The highest BCUT2D eigenvalue weighted by Gasteiger charge is 2.22. The van der Waals surface area contributed by atoms with Crippen molar-refractivity contribution in [1.82, 2.24) is 9.99 Å². The van der Waals surface area contributed by atoms with Crippen molar-refractivity contribution in [3.8, 4) is 0 Å². The fourth-order valence-corrected chi connectivity index (χ4v) is 4.31. The number of fused-ring (bicyclic) bond motifs is 1. The van der Waals surface area contributed by atoms with Crippen LogP contribution in [0.2, 0.25) is 0 Å². The largest absolute Gasteiger partial charge is 0.342 e. The van der Waals surface area contributed by atoms with Gasteiger partial charge in [-0.3, -0.25) is 4.79 Å². The third kappa shape index (κ3) is 5.04. The lowest BCUT2D eigenvalue weighted by Gasteiger charge is -2.16. The van der Waals surface area contributed by atoms with Gasteiger partial charge in [0.15, 0.2) is 0 Å². The van der Waals surface area contributed by atoms with E-state index in [9.17, 15) is 9.18 Å². The lowest BCUT2D eigenvalue weighted by molar-refractivity contribution is -0.121. The molecule has 0 unspecified atom stereocenters. The summed E-state index contributed by atoms with van der Waals surface area (Å²) in [7, 11) is 0. The number of amides is 1. The quantitative estimate of drug-likeness (QED) is 0.231. The van der Waals surface area contributed by atoms with E-state index in [4.69, 9.17) is 0 Å². The Labute approximate surface area is 203 Å². The maximum Gasteiger partial charge on any atom is 0.252 e. The molecule has 1 heterocycles. The Bertz CT molecular complexity index is 1420. The molecule has 0 aliphatic heterocycles. The van der Waals surface area contributed by atoms with E-state index >= 15 is 0 Å². The molecule has 172 valence electrons. The van der Waals surface area contributed by atoms with Gasteiger partial charge in [-0.15, -0.1) is 0 Å². The van der Waals surface area contributed by atoms with Crippen molar-refractivity contribution in [3.63, 3.8) is 0 Å². The molecule has 4 nitrogen and oxygen atoms in total. The standard InChI is InChI=1S/C30H24FN3O/c31-26-17-15-22(16-18-26)20-34-21-25(27-13-7-8-14-28(27)34)19-32-33-30(35)29(23-9-3-1-4-10-23)24-11-5-2-6-12-24/h1-19,21,29H,20H2,(H,33,35)/b32-19-. The van der Waals surface area contributed by atoms with E-state index in [0.717, 1.165) is 33.2 Å². The fourth-order valence-electron chi connectivity index (χ4n) is 4.31. The summed E-state index contributed by atoms with van der Waals surface area (Å²) in [6, 6.07) is 33.9. The lowest BCUT2D eigenvalue weighted by Crippen LogP contribution is -2.26. The van der Waals surface area contributed by atoms with Crippen molar-refractivity contribution in [2.75, 3.05) is 0 Å². The molecule has 0 fully saturated rings. The maximum atomic E-state index is 13.3. The highest BCUT2D eigenvalue weighted by Crippen LogP contribution is 2.25. The van der Waals surface area contributed by atoms with E-state index in [1.807, 2.05) is 91.1 Å². The van der Waals surface area contributed by atoms with Crippen LogP contribution in [0, 0.1) is 5.82 Å². The third-order valence-corrected chi connectivity index (χ3v) is 5.99. The summed E-state index contributed by atoms with van der Waals surface area (Å²) >= 11 is 0. The zero-order valence-corrected chi connectivity index (χ0v) is 19.0. The first-order chi connectivity index (χ1) is 17.2. The smallest absolute Gasteiger partial charge is 0.252 e. The molecule has 4 aromatic carbocycles. The summed E-state index contributed by atoms with van der Waals surface area (Å²) in [4.78, 5) is 13.2. The van der Waals surface area contributed by atoms with Crippen molar-refractivity contribution >= 4 is 23.0 Å². The summed E-state index contributed by atoms with van der Waals surface area (Å²) in [5.74, 6) is -0.915. The number of para-hydroxylation sites is 1. The second kappa shape index (κ2) is 10.2. The van der Waals surface area contributed by atoms with Gasteiger partial charge in [0.2, 0.25) is 0 Å². The van der Waals surface area contributed by atoms with Gasteiger partial charge in [-0.05, 0) is 34.9 Å². The van der Waals surface area contributed by atoms with Crippen LogP contribution in [0.5, 0.6) is 0 Å².